The highest BCUT2D eigenvalue weighted by atomic mass is 32.1. The van der Waals surface area contributed by atoms with Gasteiger partial charge in [0.05, 0.1) is 17.3 Å². The molecule has 1 aliphatic carbocycles. The maximum absolute atomic E-state index is 12.4. The molecule has 2 aromatic rings. The fourth-order valence-corrected chi connectivity index (χ4v) is 4.26. The minimum absolute atomic E-state index is 0.103. The van der Waals surface area contributed by atoms with E-state index < -0.39 is 0 Å². The minimum atomic E-state index is -0.281. The van der Waals surface area contributed by atoms with Crippen LogP contribution in [0.15, 0.2) is 22.0 Å². The van der Waals surface area contributed by atoms with E-state index in [1.807, 2.05) is 22.4 Å². The second-order valence-electron chi connectivity index (χ2n) is 6.60. The third kappa shape index (κ3) is 3.44. The van der Waals surface area contributed by atoms with Gasteiger partial charge < -0.3 is 14.7 Å². The summed E-state index contributed by atoms with van der Waals surface area (Å²) in [5.74, 6) is 0.608. The van der Waals surface area contributed by atoms with Gasteiger partial charge in [0, 0.05) is 19.0 Å². The Bertz CT molecular complexity index is 752. The van der Waals surface area contributed by atoms with E-state index in [1.54, 1.807) is 0 Å². The number of hydrogen-bond acceptors (Lipinski definition) is 6. The molecule has 0 aromatic carbocycles. The number of hydrogen-bond donors (Lipinski definition) is 1. The van der Waals surface area contributed by atoms with Gasteiger partial charge in [0.1, 0.15) is 0 Å². The van der Waals surface area contributed by atoms with Gasteiger partial charge in [-0.1, -0.05) is 24.1 Å². The maximum Gasteiger partial charge on any atom is 0.268 e. The standard InChI is InChI=1S/C17H20N4O3S/c22-15-8-11(10-21(15)12-4-1-2-5-12)16(23)18-9-14-19-17(24-20-14)13-6-3-7-25-13/h3,6-7,11-12H,1-2,4-5,8-10H2,(H,18,23). The van der Waals surface area contributed by atoms with Gasteiger partial charge in [-0.3, -0.25) is 9.59 Å². The summed E-state index contributed by atoms with van der Waals surface area (Å²) in [5, 5.41) is 8.66. The maximum atomic E-state index is 12.4. The van der Waals surface area contributed by atoms with Crippen molar-refractivity contribution >= 4 is 23.2 Å². The van der Waals surface area contributed by atoms with Crippen molar-refractivity contribution in [2.75, 3.05) is 6.54 Å². The molecule has 2 aromatic heterocycles. The Balaban J connectivity index is 1.31. The van der Waals surface area contributed by atoms with E-state index in [4.69, 9.17) is 4.52 Å². The van der Waals surface area contributed by atoms with Crippen LogP contribution in [0.4, 0.5) is 0 Å². The Morgan fingerprint density at radius 2 is 2.24 bits per heavy atom. The van der Waals surface area contributed by atoms with E-state index in [2.05, 4.69) is 15.5 Å². The van der Waals surface area contributed by atoms with E-state index in [9.17, 15) is 9.59 Å². The third-order valence-electron chi connectivity index (χ3n) is 4.92. The summed E-state index contributed by atoms with van der Waals surface area (Å²) >= 11 is 1.52. The van der Waals surface area contributed by atoms with Crippen LogP contribution in [0.5, 0.6) is 0 Å². The highest BCUT2D eigenvalue weighted by Crippen LogP contribution is 2.29. The van der Waals surface area contributed by atoms with Crippen molar-refractivity contribution in [1.82, 2.24) is 20.4 Å². The average Bonchev–Trinajstić information content (AvgIpc) is 3.38. The van der Waals surface area contributed by atoms with Gasteiger partial charge in [-0.2, -0.15) is 4.98 Å². The van der Waals surface area contributed by atoms with Crippen LogP contribution in [0.25, 0.3) is 10.8 Å². The van der Waals surface area contributed by atoms with Gasteiger partial charge in [0.2, 0.25) is 11.8 Å². The van der Waals surface area contributed by atoms with Crippen LogP contribution in [0.3, 0.4) is 0 Å². The summed E-state index contributed by atoms with van der Waals surface area (Å²) in [6, 6.07) is 4.15. The zero-order valence-electron chi connectivity index (χ0n) is 13.8. The second-order valence-corrected chi connectivity index (χ2v) is 7.54. The molecule has 1 N–H and O–H groups in total. The normalized spacial score (nSPS) is 21.2. The number of carbonyl (C=O) groups is 2. The molecule has 25 heavy (non-hydrogen) atoms. The Hall–Kier alpha value is -2.22. The van der Waals surface area contributed by atoms with E-state index >= 15 is 0 Å². The lowest BCUT2D eigenvalue weighted by molar-refractivity contribution is -0.130. The lowest BCUT2D eigenvalue weighted by Gasteiger charge is -2.23. The molecule has 1 atom stereocenters. The lowest BCUT2D eigenvalue weighted by atomic mass is 10.1. The fraction of sp³-hybridized carbons (Fsp3) is 0.529. The molecule has 1 saturated carbocycles. The summed E-state index contributed by atoms with van der Waals surface area (Å²) < 4.78 is 5.20. The molecule has 1 saturated heterocycles. The van der Waals surface area contributed by atoms with Crippen molar-refractivity contribution in [3.63, 3.8) is 0 Å². The van der Waals surface area contributed by atoms with E-state index in [1.165, 1.54) is 24.2 Å². The summed E-state index contributed by atoms with van der Waals surface area (Å²) in [5.41, 5.74) is 0. The van der Waals surface area contributed by atoms with Crippen molar-refractivity contribution in [3.05, 3.63) is 23.3 Å². The monoisotopic (exact) mass is 360 g/mol. The first-order valence-electron chi connectivity index (χ1n) is 8.64. The van der Waals surface area contributed by atoms with Crippen molar-refractivity contribution in [3.8, 4) is 10.8 Å². The average molecular weight is 360 g/mol. The number of aromatic nitrogens is 2. The van der Waals surface area contributed by atoms with Crippen LogP contribution in [-0.4, -0.2) is 39.4 Å². The molecule has 2 fully saturated rings. The minimum Gasteiger partial charge on any atom is -0.348 e. The summed E-state index contributed by atoms with van der Waals surface area (Å²) in [6.07, 6.45) is 4.78. The quantitative estimate of drug-likeness (QED) is 0.883. The van der Waals surface area contributed by atoms with Crippen molar-refractivity contribution in [2.45, 2.75) is 44.7 Å². The molecule has 2 aliphatic rings. The third-order valence-corrected chi connectivity index (χ3v) is 5.77. The molecule has 1 unspecified atom stereocenters. The van der Waals surface area contributed by atoms with Crippen molar-refractivity contribution in [1.29, 1.82) is 0 Å². The summed E-state index contributed by atoms with van der Waals surface area (Å²) in [6.45, 7) is 0.740. The number of likely N-dealkylation sites (tertiary alicyclic amines) is 1. The Kier molecular flexibility index (Phi) is 4.52. The smallest absolute Gasteiger partial charge is 0.268 e. The molecule has 7 nitrogen and oxygen atoms in total. The molecule has 0 radical (unpaired) electrons. The topological polar surface area (TPSA) is 88.3 Å². The van der Waals surface area contributed by atoms with Crippen LogP contribution in [0, 0.1) is 5.92 Å². The molecule has 2 amide bonds. The fourth-order valence-electron chi connectivity index (χ4n) is 3.61. The molecule has 4 rings (SSSR count). The van der Waals surface area contributed by atoms with E-state index in [0.29, 0.717) is 30.7 Å². The lowest BCUT2D eigenvalue weighted by Crippen LogP contribution is -2.36. The molecule has 8 heteroatoms. The number of thiophene rings is 1. The first-order valence-corrected chi connectivity index (χ1v) is 9.52. The number of nitrogens with zero attached hydrogens (tertiary/aromatic N) is 3. The van der Waals surface area contributed by atoms with Crippen molar-refractivity contribution in [2.24, 2.45) is 5.92 Å². The molecule has 3 heterocycles. The first kappa shape index (κ1) is 16.3. The van der Waals surface area contributed by atoms with Gasteiger partial charge in [-0.05, 0) is 24.3 Å². The van der Waals surface area contributed by atoms with E-state index in [0.717, 1.165) is 17.7 Å². The Labute approximate surface area is 149 Å². The molecule has 0 spiro atoms. The molecule has 132 valence electrons. The number of carbonyl (C=O) groups excluding carboxylic acids is 2. The van der Waals surface area contributed by atoms with Crippen LogP contribution < -0.4 is 5.32 Å². The molecular formula is C17H20N4O3S. The first-order chi connectivity index (χ1) is 12.2. The highest BCUT2D eigenvalue weighted by Gasteiger charge is 2.38. The van der Waals surface area contributed by atoms with Crippen LogP contribution in [0.1, 0.15) is 37.9 Å². The summed E-state index contributed by atoms with van der Waals surface area (Å²) in [7, 11) is 0. The van der Waals surface area contributed by atoms with Gasteiger partial charge in [-0.15, -0.1) is 11.3 Å². The second kappa shape index (κ2) is 6.95. The van der Waals surface area contributed by atoms with Crippen LogP contribution in [-0.2, 0) is 16.1 Å². The molecule has 0 bridgehead atoms. The molecular weight excluding hydrogens is 340 g/mol. The summed E-state index contributed by atoms with van der Waals surface area (Å²) in [4.78, 5) is 31.7. The zero-order valence-corrected chi connectivity index (χ0v) is 14.6. The van der Waals surface area contributed by atoms with E-state index in [-0.39, 0.29) is 24.3 Å². The number of nitrogens with one attached hydrogen (secondary N) is 1. The van der Waals surface area contributed by atoms with Gasteiger partial charge >= 0.3 is 0 Å². The van der Waals surface area contributed by atoms with Gasteiger partial charge in [0.15, 0.2) is 5.82 Å². The Morgan fingerprint density at radius 3 is 3.00 bits per heavy atom. The van der Waals surface area contributed by atoms with Crippen LogP contribution >= 0.6 is 11.3 Å². The largest absolute Gasteiger partial charge is 0.348 e. The predicted octanol–water partition coefficient (Wildman–Crippen LogP) is 2.21. The molecule has 1 aliphatic heterocycles. The number of rotatable bonds is 5. The zero-order chi connectivity index (χ0) is 17.2. The SMILES string of the molecule is O=C(NCc1noc(-c2cccs2)n1)C1CC(=O)N(C2CCCC2)C1. The van der Waals surface area contributed by atoms with Crippen molar-refractivity contribution < 1.29 is 14.1 Å². The van der Waals surface area contributed by atoms with Gasteiger partial charge in [-0.25, -0.2) is 0 Å². The van der Waals surface area contributed by atoms with Crippen LogP contribution in [0.2, 0.25) is 0 Å². The van der Waals surface area contributed by atoms with Gasteiger partial charge in [0.25, 0.3) is 5.89 Å². The highest BCUT2D eigenvalue weighted by molar-refractivity contribution is 7.13. The predicted molar refractivity (Wildman–Crippen MR) is 91.5 cm³/mol. The number of amides is 2. The Morgan fingerprint density at radius 1 is 1.40 bits per heavy atom.